The Labute approximate surface area is 143 Å². The first-order valence-electron chi connectivity index (χ1n) is 8.22. The number of aliphatic hydroxyl groups is 1. The molecule has 4 nitrogen and oxygen atoms in total. The van der Waals surface area contributed by atoms with Crippen LogP contribution in [0.25, 0.3) is 0 Å². The van der Waals surface area contributed by atoms with Crippen LogP contribution in [0.4, 0.5) is 0 Å². The SMILES string of the molecule is CCCC[C@@H](O)c1cccc(OCc2ccccc2C(=O)OC)c1. The van der Waals surface area contributed by atoms with E-state index in [4.69, 9.17) is 9.47 Å². The lowest BCUT2D eigenvalue weighted by molar-refractivity contribution is 0.0597. The van der Waals surface area contributed by atoms with Crippen LogP contribution < -0.4 is 4.74 Å². The van der Waals surface area contributed by atoms with Crippen LogP contribution in [0.1, 0.15) is 53.8 Å². The van der Waals surface area contributed by atoms with E-state index in [9.17, 15) is 9.90 Å². The van der Waals surface area contributed by atoms with E-state index in [2.05, 4.69) is 6.92 Å². The predicted molar refractivity (Wildman–Crippen MR) is 93.0 cm³/mol. The number of rotatable bonds is 8. The number of methoxy groups -OCH3 is 1. The van der Waals surface area contributed by atoms with Gasteiger partial charge in [0.25, 0.3) is 0 Å². The normalized spacial score (nSPS) is 11.8. The quantitative estimate of drug-likeness (QED) is 0.735. The maximum atomic E-state index is 11.8. The van der Waals surface area contributed by atoms with Crippen LogP contribution >= 0.6 is 0 Å². The van der Waals surface area contributed by atoms with Crippen LogP contribution in [0, 0.1) is 0 Å². The summed E-state index contributed by atoms with van der Waals surface area (Å²) in [5.74, 6) is 0.292. The molecule has 2 rings (SSSR count). The molecule has 1 N–H and O–H groups in total. The zero-order valence-electron chi connectivity index (χ0n) is 14.2. The number of carbonyl (C=O) groups is 1. The molecule has 2 aromatic rings. The van der Waals surface area contributed by atoms with Crippen molar-refractivity contribution in [3.63, 3.8) is 0 Å². The monoisotopic (exact) mass is 328 g/mol. The van der Waals surface area contributed by atoms with Gasteiger partial charge in [0.2, 0.25) is 0 Å². The molecular formula is C20H24O4. The Morgan fingerprint density at radius 2 is 1.96 bits per heavy atom. The van der Waals surface area contributed by atoms with E-state index >= 15 is 0 Å². The standard InChI is InChI=1S/C20H24O4/c1-3-4-12-19(21)15-9-7-10-17(13-15)24-14-16-8-5-6-11-18(16)20(22)23-2/h5-11,13,19,21H,3-4,12,14H2,1-2H3/t19-/m1/s1. The molecular weight excluding hydrogens is 304 g/mol. The molecule has 0 unspecified atom stereocenters. The summed E-state index contributed by atoms with van der Waals surface area (Å²) < 4.78 is 10.6. The summed E-state index contributed by atoms with van der Waals surface area (Å²) >= 11 is 0. The summed E-state index contributed by atoms with van der Waals surface area (Å²) in [4.78, 5) is 11.8. The van der Waals surface area contributed by atoms with Crippen LogP contribution in [0.2, 0.25) is 0 Å². The van der Waals surface area contributed by atoms with Gasteiger partial charge in [-0.2, -0.15) is 0 Å². The second kappa shape index (κ2) is 9.08. The smallest absolute Gasteiger partial charge is 0.338 e. The zero-order chi connectivity index (χ0) is 17.4. The fourth-order valence-electron chi connectivity index (χ4n) is 2.49. The first-order chi connectivity index (χ1) is 11.7. The van der Waals surface area contributed by atoms with Gasteiger partial charge >= 0.3 is 5.97 Å². The minimum absolute atomic E-state index is 0.264. The topological polar surface area (TPSA) is 55.8 Å². The van der Waals surface area contributed by atoms with E-state index in [1.54, 1.807) is 12.1 Å². The third-order valence-electron chi connectivity index (χ3n) is 3.89. The molecule has 0 saturated heterocycles. The Bertz CT molecular complexity index is 666. The summed E-state index contributed by atoms with van der Waals surface area (Å²) in [7, 11) is 1.36. The molecule has 0 bridgehead atoms. The molecule has 0 aromatic heterocycles. The van der Waals surface area contributed by atoms with Crippen molar-refractivity contribution in [3.05, 3.63) is 65.2 Å². The number of esters is 1. The van der Waals surface area contributed by atoms with Gasteiger partial charge in [0.1, 0.15) is 12.4 Å². The van der Waals surface area contributed by atoms with Crippen LogP contribution in [0.5, 0.6) is 5.75 Å². The van der Waals surface area contributed by atoms with E-state index in [1.807, 2.05) is 36.4 Å². The molecule has 2 aromatic carbocycles. The highest BCUT2D eigenvalue weighted by molar-refractivity contribution is 5.90. The van der Waals surface area contributed by atoms with Crippen LogP contribution in [-0.2, 0) is 11.3 Å². The van der Waals surface area contributed by atoms with Gasteiger partial charge < -0.3 is 14.6 Å². The highest BCUT2D eigenvalue weighted by atomic mass is 16.5. The second-order valence-electron chi connectivity index (χ2n) is 5.67. The van der Waals surface area contributed by atoms with Gasteiger partial charge in [-0.05, 0) is 30.2 Å². The largest absolute Gasteiger partial charge is 0.489 e. The lowest BCUT2D eigenvalue weighted by Gasteiger charge is -2.13. The highest BCUT2D eigenvalue weighted by Gasteiger charge is 2.12. The Morgan fingerprint density at radius 1 is 1.17 bits per heavy atom. The van der Waals surface area contributed by atoms with Crippen molar-refractivity contribution < 1.29 is 19.4 Å². The minimum atomic E-state index is -0.476. The third kappa shape index (κ3) is 4.83. The van der Waals surface area contributed by atoms with Crippen LogP contribution in [-0.4, -0.2) is 18.2 Å². The summed E-state index contributed by atoms with van der Waals surface area (Å²) in [6.07, 6.45) is 2.30. The van der Waals surface area contributed by atoms with Gasteiger partial charge in [0.05, 0.1) is 18.8 Å². The number of unbranched alkanes of at least 4 members (excludes halogenated alkanes) is 1. The van der Waals surface area contributed by atoms with E-state index in [-0.39, 0.29) is 12.6 Å². The molecule has 4 heteroatoms. The molecule has 0 saturated carbocycles. The van der Waals surface area contributed by atoms with Crippen molar-refractivity contribution >= 4 is 5.97 Å². The molecule has 0 spiro atoms. The van der Waals surface area contributed by atoms with Crippen LogP contribution in [0.3, 0.4) is 0 Å². The maximum absolute atomic E-state index is 11.8. The third-order valence-corrected chi connectivity index (χ3v) is 3.89. The molecule has 0 amide bonds. The van der Waals surface area contributed by atoms with Crippen molar-refractivity contribution in [1.29, 1.82) is 0 Å². The van der Waals surface area contributed by atoms with E-state index in [0.717, 1.165) is 30.4 Å². The Kier molecular flexibility index (Phi) is 6.82. The van der Waals surface area contributed by atoms with Gasteiger partial charge in [-0.25, -0.2) is 4.79 Å². The molecule has 0 fully saturated rings. The van der Waals surface area contributed by atoms with E-state index in [1.165, 1.54) is 7.11 Å². The highest BCUT2D eigenvalue weighted by Crippen LogP contribution is 2.24. The molecule has 0 aliphatic heterocycles. The number of ether oxygens (including phenoxy) is 2. The molecule has 1 atom stereocenters. The molecule has 128 valence electrons. The van der Waals surface area contributed by atoms with Gasteiger partial charge in [-0.15, -0.1) is 0 Å². The summed E-state index contributed by atoms with van der Waals surface area (Å²) in [6, 6.07) is 14.7. The number of aliphatic hydroxyl groups excluding tert-OH is 1. The minimum Gasteiger partial charge on any atom is -0.489 e. The van der Waals surface area contributed by atoms with Gasteiger partial charge in [-0.3, -0.25) is 0 Å². The van der Waals surface area contributed by atoms with Gasteiger partial charge in [-0.1, -0.05) is 50.1 Å². The number of hydrogen-bond donors (Lipinski definition) is 1. The Hall–Kier alpha value is -2.33. The number of hydrogen-bond acceptors (Lipinski definition) is 4. The average molecular weight is 328 g/mol. The fraction of sp³-hybridized carbons (Fsp3) is 0.350. The molecule has 0 heterocycles. The van der Waals surface area contributed by atoms with E-state index < -0.39 is 6.10 Å². The summed E-state index contributed by atoms with van der Waals surface area (Å²) in [5, 5.41) is 10.2. The molecule has 0 radical (unpaired) electrons. The van der Waals surface area contributed by atoms with Crippen molar-refractivity contribution in [2.75, 3.05) is 7.11 Å². The van der Waals surface area contributed by atoms with Crippen molar-refractivity contribution in [2.24, 2.45) is 0 Å². The lowest BCUT2D eigenvalue weighted by atomic mass is 10.0. The lowest BCUT2D eigenvalue weighted by Crippen LogP contribution is -2.08. The molecule has 0 aliphatic rings. The Balaban J connectivity index is 2.06. The number of carbonyl (C=O) groups excluding carboxylic acids is 1. The van der Waals surface area contributed by atoms with Gasteiger partial charge in [0, 0.05) is 5.56 Å². The van der Waals surface area contributed by atoms with Crippen molar-refractivity contribution in [2.45, 2.75) is 38.9 Å². The van der Waals surface area contributed by atoms with Crippen molar-refractivity contribution in [1.82, 2.24) is 0 Å². The second-order valence-corrected chi connectivity index (χ2v) is 5.67. The van der Waals surface area contributed by atoms with Crippen LogP contribution in [0.15, 0.2) is 48.5 Å². The molecule has 24 heavy (non-hydrogen) atoms. The fourth-order valence-corrected chi connectivity index (χ4v) is 2.49. The van der Waals surface area contributed by atoms with Crippen molar-refractivity contribution in [3.8, 4) is 5.75 Å². The first-order valence-corrected chi connectivity index (χ1v) is 8.22. The summed E-state index contributed by atoms with van der Waals surface area (Å²) in [6.45, 7) is 2.37. The van der Waals surface area contributed by atoms with Gasteiger partial charge in [0.15, 0.2) is 0 Å². The average Bonchev–Trinajstić information content (AvgIpc) is 2.64. The zero-order valence-corrected chi connectivity index (χ0v) is 14.2. The first kappa shape index (κ1) is 18.0. The van der Waals surface area contributed by atoms with E-state index in [0.29, 0.717) is 11.3 Å². The maximum Gasteiger partial charge on any atom is 0.338 e. The molecule has 0 aliphatic carbocycles. The summed E-state index contributed by atoms with van der Waals surface area (Å²) in [5.41, 5.74) is 2.11. The predicted octanol–water partition coefficient (Wildman–Crippen LogP) is 4.28. The Morgan fingerprint density at radius 3 is 2.71 bits per heavy atom. The number of benzene rings is 2.